The van der Waals surface area contributed by atoms with Crippen LogP contribution in [0.3, 0.4) is 0 Å². The van der Waals surface area contributed by atoms with Crippen LogP contribution in [0.1, 0.15) is 35.4 Å². The minimum absolute atomic E-state index is 0. The maximum Gasteiger partial charge on any atom is 0.244 e. The first kappa shape index (κ1) is 30.1. The second kappa shape index (κ2) is 15.2. The molecule has 0 aliphatic carbocycles. The lowest BCUT2D eigenvalue weighted by Crippen LogP contribution is -2.49. The van der Waals surface area contributed by atoms with Crippen molar-refractivity contribution in [2.24, 2.45) is 5.73 Å². The Hall–Kier alpha value is -3.49. The van der Waals surface area contributed by atoms with Crippen molar-refractivity contribution >= 4 is 29.5 Å². The van der Waals surface area contributed by atoms with Crippen molar-refractivity contribution in [2.75, 3.05) is 26.2 Å². The molecule has 1 fully saturated rings. The Morgan fingerprint density at radius 1 is 1.03 bits per heavy atom. The van der Waals surface area contributed by atoms with E-state index in [1.165, 1.54) is 17.2 Å². The summed E-state index contributed by atoms with van der Waals surface area (Å²) in [6.07, 6.45) is 4.53. The molecule has 0 radical (unpaired) electrons. The zero-order chi connectivity index (χ0) is 26.7. The number of nitrogens with two attached hydrogens (primary N) is 1. The molecule has 0 unspecified atom stereocenters. The minimum Gasteiger partial charge on any atom is -0.351 e. The van der Waals surface area contributed by atoms with Crippen LogP contribution in [0, 0.1) is 0 Å². The summed E-state index contributed by atoms with van der Waals surface area (Å²) in [6.45, 7) is 2.01. The molecular formula is C31H38ClN5O2. The minimum atomic E-state index is -0.388. The summed E-state index contributed by atoms with van der Waals surface area (Å²) in [5.41, 5.74) is 9.12. The van der Waals surface area contributed by atoms with Crippen LogP contribution >= 0.6 is 11.6 Å². The molecule has 2 atom stereocenters. The van der Waals surface area contributed by atoms with Crippen molar-refractivity contribution in [3.05, 3.63) is 113 Å². The van der Waals surface area contributed by atoms with Crippen LogP contribution in [0.25, 0.3) is 6.08 Å². The molecule has 0 saturated carbocycles. The maximum atomic E-state index is 13.6. The van der Waals surface area contributed by atoms with Gasteiger partial charge in [0.2, 0.25) is 11.8 Å². The van der Waals surface area contributed by atoms with Gasteiger partial charge in [0, 0.05) is 42.7 Å². The third kappa shape index (κ3) is 8.76. The number of hydrogen-bond acceptors (Lipinski definition) is 5. The Kier molecular flexibility index (Phi) is 11.7. The predicted molar refractivity (Wildman–Crippen MR) is 159 cm³/mol. The molecule has 8 heteroatoms. The fourth-order valence-corrected chi connectivity index (χ4v) is 4.95. The molecular weight excluding hydrogens is 510 g/mol. The van der Waals surface area contributed by atoms with E-state index in [-0.39, 0.29) is 36.0 Å². The number of halogens is 1. The molecule has 7 nitrogen and oxygen atoms in total. The van der Waals surface area contributed by atoms with Crippen LogP contribution < -0.4 is 22.5 Å². The van der Waals surface area contributed by atoms with Gasteiger partial charge < -0.3 is 27.4 Å². The smallest absolute Gasteiger partial charge is 0.244 e. The van der Waals surface area contributed by atoms with Crippen molar-refractivity contribution in [1.29, 1.82) is 0 Å². The molecule has 39 heavy (non-hydrogen) atoms. The maximum absolute atomic E-state index is 13.6. The first-order valence-corrected chi connectivity index (χ1v) is 13.5. The molecule has 7 N–H and O–H groups in total. The van der Waals surface area contributed by atoms with E-state index < -0.39 is 0 Å². The Morgan fingerprint density at radius 3 is 2.23 bits per heavy atom. The molecule has 1 aliphatic heterocycles. The van der Waals surface area contributed by atoms with Crippen molar-refractivity contribution in [3.8, 4) is 0 Å². The van der Waals surface area contributed by atoms with E-state index >= 15 is 0 Å². The normalized spacial score (nSPS) is 17.6. The second-order valence-corrected chi connectivity index (χ2v) is 10.0. The van der Waals surface area contributed by atoms with Gasteiger partial charge in [0.15, 0.2) is 0 Å². The molecule has 0 bridgehead atoms. The highest BCUT2D eigenvalue weighted by Gasteiger charge is 2.32. The van der Waals surface area contributed by atoms with Gasteiger partial charge in [-0.1, -0.05) is 84.4 Å². The average molecular weight is 548 g/mol. The fraction of sp³-hybridized carbons (Fsp3) is 0.290. The standard InChI is InChI=1S/C31H35ClN4O2.H3N/c32-26-14-11-23(12-15-26)13-16-30(37)34-21-27-18-20-36(31(38)29(35-27)17-19-33)22-28(24-7-3-1-4-8-24)25-9-5-2-6-10-25;/h1-16,27-29,35H,17-22,33H2,(H,34,37);1H3/b16-13+;/t27-,29-;/m0./s1. The van der Waals surface area contributed by atoms with Gasteiger partial charge >= 0.3 is 0 Å². The first-order chi connectivity index (χ1) is 18.5. The molecule has 1 heterocycles. The first-order valence-electron chi connectivity index (χ1n) is 13.1. The Balaban J connectivity index is 0.00000420. The number of nitrogens with zero attached hydrogens (tertiary/aromatic N) is 1. The van der Waals surface area contributed by atoms with E-state index in [9.17, 15) is 9.59 Å². The van der Waals surface area contributed by atoms with Crippen LogP contribution in [-0.2, 0) is 9.59 Å². The Labute approximate surface area is 236 Å². The van der Waals surface area contributed by atoms with E-state index in [4.69, 9.17) is 17.3 Å². The lowest BCUT2D eigenvalue weighted by Gasteiger charge is -2.29. The third-order valence-corrected chi connectivity index (χ3v) is 7.13. The van der Waals surface area contributed by atoms with E-state index in [0.717, 1.165) is 12.0 Å². The number of carbonyl (C=O) groups excluding carboxylic acids is 2. The van der Waals surface area contributed by atoms with Gasteiger partial charge in [-0.2, -0.15) is 0 Å². The number of carbonyl (C=O) groups is 2. The third-order valence-electron chi connectivity index (χ3n) is 6.88. The van der Waals surface area contributed by atoms with Gasteiger partial charge in [-0.3, -0.25) is 9.59 Å². The van der Waals surface area contributed by atoms with Crippen LogP contribution in [0.5, 0.6) is 0 Å². The monoisotopic (exact) mass is 547 g/mol. The lowest BCUT2D eigenvalue weighted by atomic mass is 9.90. The van der Waals surface area contributed by atoms with Crippen LogP contribution in [-0.4, -0.2) is 55.0 Å². The molecule has 1 aliphatic rings. The van der Waals surface area contributed by atoms with Gasteiger partial charge in [-0.05, 0) is 54.3 Å². The van der Waals surface area contributed by atoms with E-state index in [2.05, 4.69) is 34.9 Å². The molecule has 3 aromatic carbocycles. The Morgan fingerprint density at radius 2 is 1.64 bits per heavy atom. The van der Waals surface area contributed by atoms with Crippen LogP contribution in [0.15, 0.2) is 91.0 Å². The number of nitrogens with one attached hydrogen (secondary N) is 2. The number of rotatable bonds is 10. The highest BCUT2D eigenvalue weighted by atomic mass is 35.5. The molecule has 4 rings (SSSR count). The molecule has 3 aromatic rings. The molecule has 0 spiro atoms. The van der Waals surface area contributed by atoms with Gasteiger partial charge in [-0.25, -0.2) is 0 Å². The van der Waals surface area contributed by atoms with Crippen molar-refractivity contribution < 1.29 is 9.59 Å². The summed E-state index contributed by atoms with van der Waals surface area (Å²) in [5, 5.41) is 7.08. The van der Waals surface area contributed by atoms with Gasteiger partial charge in [0.05, 0.1) is 6.04 Å². The van der Waals surface area contributed by atoms with Crippen molar-refractivity contribution in [1.82, 2.24) is 21.7 Å². The Bertz CT molecular complexity index is 1170. The SMILES string of the molecule is N.NCC[C@@H]1N[C@H](CNC(=O)/C=C/c2ccc(Cl)cc2)CCN(CC(c2ccccc2)c2ccccc2)C1=O. The van der Waals surface area contributed by atoms with Gasteiger partial charge in [-0.15, -0.1) is 0 Å². The summed E-state index contributed by atoms with van der Waals surface area (Å²) >= 11 is 5.92. The summed E-state index contributed by atoms with van der Waals surface area (Å²) < 4.78 is 0. The quantitative estimate of drug-likeness (QED) is 0.281. The number of benzene rings is 3. The summed E-state index contributed by atoms with van der Waals surface area (Å²) in [6, 6.07) is 27.5. The zero-order valence-electron chi connectivity index (χ0n) is 22.1. The van der Waals surface area contributed by atoms with Crippen LogP contribution in [0.4, 0.5) is 0 Å². The lowest BCUT2D eigenvalue weighted by molar-refractivity contribution is -0.133. The summed E-state index contributed by atoms with van der Waals surface area (Å²) in [5.74, 6) is -0.0596. The fourth-order valence-electron chi connectivity index (χ4n) is 4.82. The highest BCUT2D eigenvalue weighted by Crippen LogP contribution is 2.27. The van der Waals surface area contributed by atoms with Crippen LogP contribution in [0.2, 0.25) is 5.02 Å². The highest BCUT2D eigenvalue weighted by molar-refractivity contribution is 6.30. The molecule has 206 valence electrons. The zero-order valence-corrected chi connectivity index (χ0v) is 22.9. The molecule has 0 aromatic heterocycles. The number of amides is 2. The van der Waals surface area contributed by atoms with Crippen molar-refractivity contribution in [3.63, 3.8) is 0 Å². The van der Waals surface area contributed by atoms with Gasteiger partial charge in [0.25, 0.3) is 0 Å². The summed E-state index contributed by atoms with van der Waals surface area (Å²) in [4.78, 5) is 28.0. The van der Waals surface area contributed by atoms with E-state index in [0.29, 0.717) is 37.6 Å². The molecule has 1 saturated heterocycles. The number of hydrogen-bond donors (Lipinski definition) is 4. The predicted octanol–water partition coefficient (Wildman–Crippen LogP) is 4.37. The average Bonchev–Trinajstić information content (AvgIpc) is 3.09. The van der Waals surface area contributed by atoms with Crippen molar-refractivity contribution in [2.45, 2.75) is 30.8 Å². The largest absolute Gasteiger partial charge is 0.351 e. The van der Waals surface area contributed by atoms with Gasteiger partial charge in [0.1, 0.15) is 0 Å². The second-order valence-electron chi connectivity index (χ2n) is 9.57. The van der Waals surface area contributed by atoms with E-state index in [1.807, 2.05) is 53.4 Å². The summed E-state index contributed by atoms with van der Waals surface area (Å²) in [7, 11) is 0. The topological polar surface area (TPSA) is 122 Å². The van der Waals surface area contributed by atoms with E-state index in [1.54, 1.807) is 18.2 Å². The molecule has 2 amide bonds.